The van der Waals surface area contributed by atoms with Gasteiger partial charge >= 0.3 is 11.9 Å². The summed E-state index contributed by atoms with van der Waals surface area (Å²) in [5.41, 5.74) is 8.17. The highest BCUT2D eigenvalue weighted by Crippen LogP contribution is 2.56. The van der Waals surface area contributed by atoms with Crippen molar-refractivity contribution in [2.75, 3.05) is 0 Å². The number of unbranched alkanes of at least 4 members (excludes halogenated alkanes) is 2. The summed E-state index contributed by atoms with van der Waals surface area (Å²) < 4.78 is 0. The molecule has 0 saturated heterocycles. The zero-order valence-electron chi connectivity index (χ0n) is 22.5. The molecule has 4 nitrogen and oxygen atoms in total. The number of carbonyl (C=O) groups is 2. The highest BCUT2D eigenvalue weighted by Gasteiger charge is 2.46. The van der Waals surface area contributed by atoms with Crippen LogP contribution in [0.15, 0.2) is 84.9 Å². The fourth-order valence-electron chi connectivity index (χ4n) is 6.24. The van der Waals surface area contributed by atoms with E-state index < -0.39 is 17.4 Å². The Bertz CT molecular complexity index is 1430. The number of carboxylic acids is 2. The van der Waals surface area contributed by atoms with Gasteiger partial charge in [0.25, 0.3) is 0 Å². The molecule has 4 aromatic carbocycles. The predicted molar refractivity (Wildman–Crippen MR) is 155 cm³/mol. The van der Waals surface area contributed by atoms with Crippen molar-refractivity contribution in [1.29, 1.82) is 0 Å². The van der Waals surface area contributed by atoms with Crippen molar-refractivity contribution in [2.24, 2.45) is 0 Å². The van der Waals surface area contributed by atoms with Crippen LogP contribution in [0.4, 0.5) is 0 Å². The number of fused-ring (bicyclic) bond motifs is 3. The van der Waals surface area contributed by atoms with Crippen molar-refractivity contribution in [3.8, 4) is 11.1 Å². The Hall–Kier alpha value is -4.18. The molecule has 2 N–H and O–H groups in total. The number of carboxylic acid groups (broad SMARTS) is 2. The van der Waals surface area contributed by atoms with Crippen LogP contribution in [0.5, 0.6) is 0 Å². The average Bonchev–Trinajstić information content (AvgIpc) is 3.25. The number of rotatable bonds is 10. The SMILES string of the molecule is CCCCc1cc(C2(c3ccc(C(=O)O)c(CCCC)c3)c3ccccc3-c3ccccc32)ccc1C(=O)O. The monoisotopic (exact) mass is 518 g/mol. The Kier molecular flexibility index (Phi) is 7.38. The smallest absolute Gasteiger partial charge is 0.335 e. The van der Waals surface area contributed by atoms with Crippen LogP contribution < -0.4 is 0 Å². The normalized spacial score (nSPS) is 13.1. The quantitative estimate of drug-likeness (QED) is 0.196. The van der Waals surface area contributed by atoms with Gasteiger partial charge < -0.3 is 10.2 Å². The molecule has 4 aromatic rings. The number of hydrogen-bond acceptors (Lipinski definition) is 2. The van der Waals surface area contributed by atoms with Crippen LogP contribution >= 0.6 is 0 Å². The van der Waals surface area contributed by atoms with Gasteiger partial charge in [-0.1, -0.05) is 99.5 Å². The summed E-state index contributed by atoms with van der Waals surface area (Å²) in [5.74, 6) is -1.83. The van der Waals surface area contributed by atoms with Crippen LogP contribution in [0.25, 0.3) is 11.1 Å². The first-order chi connectivity index (χ1) is 18.9. The van der Waals surface area contributed by atoms with Gasteiger partial charge in [0, 0.05) is 0 Å². The second-order valence-corrected chi connectivity index (χ2v) is 10.4. The molecule has 1 aliphatic carbocycles. The molecule has 5 rings (SSSR count). The summed E-state index contributed by atoms with van der Waals surface area (Å²) in [6, 6.07) is 28.3. The van der Waals surface area contributed by atoms with Gasteiger partial charge in [-0.15, -0.1) is 0 Å². The van der Waals surface area contributed by atoms with Crippen LogP contribution in [0, 0.1) is 0 Å². The summed E-state index contributed by atoms with van der Waals surface area (Å²) in [7, 11) is 0. The molecule has 0 spiro atoms. The molecule has 0 unspecified atom stereocenters. The van der Waals surface area contributed by atoms with Gasteiger partial charge in [-0.3, -0.25) is 0 Å². The summed E-state index contributed by atoms with van der Waals surface area (Å²) in [6.07, 6.45) is 5.11. The van der Waals surface area contributed by atoms with E-state index in [4.69, 9.17) is 0 Å². The van der Waals surface area contributed by atoms with Crippen LogP contribution in [0.2, 0.25) is 0 Å². The lowest BCUT2D eigenvalue weighted by Crippen LogP contribution is -2.29. The topological polar surface area (TPSA) is 74.6 Å². The molecule has 0 amide bonds. The molecule has 0 heterocycles. The maximum Gasteiger partial charge on any atom is 0.335 e. The third kappa shape index (κ3) is 4.44. The van der Waals surface area contributed by atoms with Gasteiger partial charge in [0.15, 0.2) is 0 Å². The number of aryl methyl sites for hydroxylation is 2. The summed E-state index contributed by atoms with van der Waals surface area (Å²) in [6.45, 7) is 4.22. The molecule has 0 bridgehead atoms. The summed E-state index contributed by atoms with van der Waals surface area (Å²) in [4.78, 5) is 24.3. The maximum absolute atomic E-state index is 12.2. The van der Waals surface area contributed by atoms with Crippen molar-refractivity contribution in [2.45, 2.75) is 57.8 Å². The van der Waals surface area contributed by atoms with Crippen molar-refractivity contribution < 1.29 is 19.8 Å². The first-order valence-corrected chi connectivity index (χ1v) is 13.9. The molecule has 0 atom stereocenters. The lowest BCUT2D eigenvalue weighted by atomic mass is 9.66. The fourth-order valence-corrected chi connectivity index (χ4v) is 6.24. The Balaban J connectivity index is 1.87. The maximum atomic E-state index is 12.2. The molecule has 0 fully saturated rings. The minimum Gasteiger partial charge on any atom is -0.478 e. The van der Waals surface area contributed by atoms with Gasteiger partial charge in [0.05, 0.1) is 16.5 Å². The van der Waals surface area contributed by atoms with E-state index in [9.17, 15) is 19.8 Å². The molecule has 0 saturated carbocycles. The van der Waals surface area contributed by atoms with E-state index in [0.29, 0.717) is 24.0 Å². The van der Waals surface area contributed by atoms with E-state index >= 15 is 0 Å². The highest BCUT2D eigenvalue weighted by molar-refractivity contribution is 5.92. The third-order valence-corrected chi connectivity index (χ3v) is 8.09. The van der Waals surface area contributed by atoms with E-state index in [1.54, 1.807) is 12.1 Å². The van der Waals surface area contributed by atoms with E-state index in [0.717, 1.165) is 70.2 Å². The number of hydrogen-bond donors (Lipinski definition) is 2. The Morgan fingerprint density at radius 2 is 1.03 bits per heavy atom. The predicted octanol–water partition coefficient (Wildman–Crippen LogP) is 8.13. The van der Waals surface area contributed by atoms with Gasteiger partial charge in [-0.25, -0.2) is 9.59 Å². The van der Waals surface area contributed by atoms with Crippen LogP contribution in [0.1, 0.15) is 93.6 Å². The second kappa shape index (κ2) is 10.9. The molecule has 39 heavy (non-hydrogen) atoms. The van der Waals surface area contributed by atoms with Crippen LogP contribution in [-0.4, -0.2) is 22.2 Å². The van der Waals surface area contributed by atoms with E-state index in [-0.39, 0.29) is 0 Å². The lowest BCUT2D eigenvalue weighted by Gasteiger charge is -2.35. The molecule has 198 valence electrons. The second-order valence-electron chi connectivity index (χ2n) is 10.4. The Morgan fingerprint density at radius 3 is 1.41 bits per heavy atom. The summed E-state index contributed by atoms with van der Waals surface area (Å²) in [5, 5.41) is 19.9. The number of benzene rings is 4. The van der Waals surface area contributed by atoms with Crippen LogP contribution in [-0.2, 0) is 18.3 Å². The average molecular weight is 519 g/mol. The van der Waals surface area contributed by atoms with E-state index in [2.05, 4.69) is 50.2 Å². The largest absolute Gasteiger partial charge is 0.478 e. The summed E-state index contributed by atoms with van der Waals surface area (Å²) >= 11 is 0. The first-order valence-electron chi connectivity index (χ1n) is 13.9. The van der Waals surface area contributed by atoms with Crippen molar-refractivity contribution >= 4 is 11.9 Å². The lowest BCUT2D eigenvalue weighted by molar-refractivity contribution is 0.0684. The fraction of sp³-hybridized carbons (Fsp3) is 0.257. The Morgan fingerprint density at radius 1 is 0.615 bits per heavy atom. The highest BCUT2D eigenvalue weighted by atomic mass is 16.4. The molecular weight excluding hydrogens is 484 g/mol. The van der Waals surface area contributed by atoms with Crippen molar-refractivity contribution in [3.63, 3.8) is 0 Å². The number of aromatic carboxylic acids is 2. The Labute approximate surface area is 230 Å². The minimum atomic E-state index is -0.915. The zero-order chi connectivity index (χ0) is 27.6. The first kappa shape index (κ1) is 26.4. The standard InChI is InChI=1S/C35H34O4/c1-3-5-11-23-21-25(17-19-27(23)33(36)37)35(26-18-20-28(34(38)39)24(22-26)12-6-4-2)31-15-9-7-13-29(31)30-14-8-10-16-32(30)35/h7-10,13-22H,3-6,11-12H2,1-2H3,(H,36,37)(H,38,39). The van der Waals surface area contributed by atoms with E-state index in [1.807, 2.05) is 36.4 Å². The molecular formula is C35H34O4. The van der Waals surface area contributed by atoms with Gasteiger partial charge in [0.1, 0.15) is 0 Å². The van der Waals surface area contributed by atoms with Crippen molar-refractivity contribution in [3.05, 3.63) is 129 Å². The molecule has 0 aromatic heterocycles. The molecule has 4 heteroatoms. The van der Waals surface area contributed by atoms with Crippen molar-refractivity contribution in [1.82, 2.24) is 0 Å². The van der Waals surface area contributed by atoms with Crippen LogP contribution in [0.3, 0.4) is 0 Å². The van der Waals surface area contributed by atoms with Gasteiger partial charge in [-0.2, -0.15) is 0 Å². The third-order valence-electron chi connectivity index (χ3n) is 8.09. The zero-order valence-corrected chi connectivity index (χ0v) is 22.5. The molecule has 0 radical (unpaired) electrons. The molecule has 0 aliphatic heterocycles. The molecule has 1 aliphatic rings. The minimum absolute atomic E-state index is 0.340. The van der Waals surface area contributed by atoms with Gasteiger partial charge in [0.2, 0.25) is 0 Å². The van der Waals surface area contributed by atoms with E-state index in [1.165, 1.54) is 0 Å². The van der Waals surface area contributed by atoms with Gasteiger partial charge in [-0.05, 0) is 82.3 Å².